The Morgan fingerprint density at radius 1 is 0.912 bits per heavy atom. The van der Waals surface area contributed by atoms with Crippen molar-refractivity contribution in [2.24, 2.45) is 0 Å². The first-order valence-electron chi connectivity index (χ1n) is 9.76. The van der Waals surface area contributed by atoms with E-state index in [0.29, 0.717) is 17.8 Å². The molecule has 0 fully saturated rings. The van der Waals surface area contributed by atoms with Gasteiger partial charge in [-0.25, -0.2) is 4.68 Å². The molecule has 0 bridgehead atoms. The highest BCUT2D eigenvalue weighted by Crippen LogP contribution is 2.37. The van der Waals surface area contributed by atoms with Crippen LogP contribution in [0, 0.1) is 0 Å². The Kier molecular flexibility index (Phi) is 7.49. The summed E-state index contributed by atoms with van der Waals surface area (Å²) in [5.41, 5.74) is -2.84. The number of amides is 1. The Balaban J connectivity index is 1.68. The number of aromatic nitrogens is 2. The summed E-state index contributed by atoms with van der Waals surface area (Å²) in [5.74, 6) is -0.801. The van der Waals surface area contributed by atoms with E-state index in [1.165, 1.54) is 6.07 Å². The topological polar surface area (TPSA) is 64.0 Å². The summed E-state index contributed by atoms with van der Waals surface area (Å²) < 4.78 is 79.7. The Hall–Kier alpha value is -3.15. The van der Waals surface area contributed by atoms with Gasteiger partial charge in [0.1, 0.15) is 0 Å². The number of nitrogens with zero attached hydrogens (tertiary/aromatic N) is 2. The largest absolute Gasteiger partial charge is 0.416 e. The van der Waals surface area contributed by atoms with Crippen LogP contribution in [0.4, 0.5) is 32.0 Å². The molecule has 0 saturated heterocycles. The second kappa shape index (κ2) is 10.00. The number of hydrogen-bond donors (Lipinski definition) is 1. The number of halogens is 7. The molecule has 0 aliphatic heterocycles. The average Bonchev–Trinajstić information content (AvgIpc) is 2.74. The van der Waals surface area contributed by atoms with E-state index in [-0.39, 0.29) is 25.5 Å². The first-order chi connectivity index (χ1) is 15.8. The number of alkyl halides is 6. The molecule has 0 spiro atoms. The lowest BCUT2D eigenvalue weighted by Gasteiger charge is -2.15. The molecule has 34 heavy (non-hydrogen) atoms. The zero-order valence-electron chi connectivity index (χ0n) is 17.2. The van der Waals surface area contributed by atoms with Gasteiger partial charge in [-0.3, -0.25) is 9.59 Å². The molecular weight excluding hydrogens is 532 g/mol. The van der Waals surface area contributed by atoms with Crippen LogP contribution in [0.1, 0.15) is 24.0 Å². The van der Waals surface area contributed by atoms with E-state index in [9.17, 15) is 35.9 Å². The van der Waals surface area contributed by atoms with Crippen molar-refractivity contribution >= 4 is 27.5 Å². The van der Waals surface area contributed by atoms with Crippen LogP contribution >= 0.6 is 15.9 Å². The fourth-order valence-electron chi connectivity index (χ4n) is 3.02. The second-order valence-electron chi connectivity index (χ2n) is 7.23. The Bertz CT molecular complexity index is 1200. The van der Waals surface area contributed by atoms with Crippen LogP contribution in [0.15, 0.2) is 63.9 Å². The van der Waals surface area contributed by atoms with Crippen LogP contribution < -0.4 is 10.9 Å². The number of aryl methyl sites for hydroxylation is 1. The normalized spacial score (nSPS) is 12.0. The molecule has 5 nitrogen and oxygen atoms in total. The molecule has 1 heterocycles. The minimum absolute atomic E-state index is 0.0208. The van der Waals surface area contributed by atoms with E-state index in [0.717, 1.165) is 14.7 Å². The van der Waals surface area contributed by atoms with Crippen LogP contribution in [0.3, 0.4) is 0 Å². The molecule has 1 amide bonds. The lowest BCUT2D eigenvalue weighted by molar-refractivity contribution is -0.143. The molecule has 1 N–H and O–H groups in total. The highest BCUT2D eigenvalue weighted by molar-refractivity contribution is 9.10. The predicted octanol–water partition coefficient (Wildman–Crippen LogP) is 6.13. The number of carbonyl (C=O) groups is 1. The van der Waals surface area contributed by atoms with Crippen LogP contribution in [-0.4, -0.2) is 15.7 Å². The van der Waals surface area contributed by atoms with E-state index in [1.807, 2.05) is 0 Å². The van der Waals surface area contributed by atoms with Gasteiger partial charge in [0.25, 0.3) is 5.56 Å². The molecule has 0 radical (unpaired) electrons. The first-order valence-corrected chi connectivity index (χ1v) is 10.6. The SMILES string of the molecule is O=C(CCCn1nc(-c2ccc(Br)cc2)ccc1=O)Nc1cc(C(F)(F)F)cc(C(F)(F)F)c1. The zero-order valence-corrected chi connectivity index (χ0v) is 18.8. The number of benzene rings is 2. The predicted molar refractivity (Wildman–Crippen MR) is 116 cm³/mol. The molecule has 0 aliphatic rings. The maximum absolute atomic E-state index is 13.0. The maximum Gasteiger partial charge on any atom is 0.416 e. The van der Waals surface area contributed by atoms with Crippen LogP contribution in [0.25, 0.3) is 11.3 Å². The lowest BCUT2D eigenvalue weighted by Crippen LogP contribution is -2.23. The van der Waals surface area contributed by atoms with Crippen molar-refractivity contribution in [1.82, 2.24) is 9.78 Å². The Morgan fingerprint density at radius 3 is 2.06 bits per heavy atom. The quantitative estimate of drug-likeness (QED) is 0.377. The smallest absolute Gasteiger partial charge is 0.326 e. The molecule has 0 unspecified atom stereocenters. The summed E-state index contributed by atoms with van der Waals surface area (Å²) in [6.45, 7) is 0.0208. The fraction of sp³-hybridized carbons (Fsp3) is 0.227. The van der Waals surface area contributed by atoms with Gasteiger partial charge in [0.15, 0.2) is 0 Å². The molecule has 0 aliphatic carbocycles. The van der Waals surface area contributed by atoms with Crippen LogP contribution in [0.2, 0.25) is 0 Å². The summed E-state index contributed by atoms with van der Waals surface area (Å²) >= 11 is 3.32. The van der Waals surface area contributed by atoms with E-state index >= 15 is 0 Å². The summed E-state index contributed by atoms with van der Waals surface area (Å²) in [7, 11) is 0. The first kappa shape index (κ1) is 25.5. The minimum Gasteiger partial charge on any atom is -0.326 e. The van der Waals surface area contributed by atoms with Gasteiger partial charge in [0.2, 0.25) is 5.91 Å². The van der Waals surface area contributed by atoms with Crippen molar-refractivity contribution < 1.29 is 31.1 Å². The van der Waals surface area contributed by atoms with Gasteiger partial charge in [0.05, 0.1) is 16.8 Å². The number of carbonyl (C=O) groups excluding carboxylic acids is 1. The van der Waals surface area contributed by atoms with Gasteiger partial charge in [-0.15, -0.1) is 0 Å². The highest BCUT2D eigenvalue weighted by Gasteiger charge is 2.37. The zero-order chi connectivity index (χ0) is 25.1. The molecule has 0 saturated carbocycles. The van der Waals surface area contributed by atoms with Crippen molar-refractivity contribution in [3.63, 3.8) is 0 Å². The molecule has 0 atom stereocenters. The number of rotatable bonds is 6. The van der Waals surface area contributed by atoms with Gasteiger partial charge >= 0.3 is 12.4 Å². The van der Waals surface area contributed by atoms with Crippen molar-refractivity contribution in [3.05, 3.63) is 80.6 Å². The van der Waals surface area contributed by atoms with E-state index in [1.54, 1.807) is 30.3 Å². The molecule has 2 aromatic carbocycles. The molecule has 180 valence electrons. The monoisotopic (exact) mass is 547 g/mol. The second-order valence-corrected chi connectivity index (χ2v) is 8.15. The molecule has 3 rings (SSSR count). The third-order valence-electron chi connectivity index (χ3n) is 4.65. The van der Waals surface area contributed by atoms with Gasteiger partial charge < -0.3 is 5.32 Å². The van der Waals surface area contributed by atoms with Gasteiger partial charge in [-0.1, -0.05) is 28.1 Å². The number of hydrogen-bond acceptors (Lipinski definition) is 3. The summed E-state index contributed by atoms with van der Waals surface area (Å²) in [6, 6.07) is 10.9. The standard InChI is InChI=1S/C22H16BrF6N3O2/c23-16-5-3-13(4-6-16)18-7-8-20(34)32(31-18)9-1-2-19(33)30-17-11-14(21(24,25)26)10-15(12-17)22(27,28)29/h3-8,10-12H,1-2,9H2,(H,30,33). The lowest BCUT2D eigenvalue weighted by atomic mass is 10.1. The van der Waals surface area contributed by atoms with Gasteiger partial charge in [0, 0.05) is 34.8 Å². The third-order valence-corrected chi connectivity index (χ3v) is 5.18. The van der Waals surface area contributed by atoms with Gasteiger partial charge in [-0.05, 0) is 42.8 Å². The molecule has 3 aromatic rings. The summed E-state index contributed by atoms with van der Waals surface area (Å²) in [6.07, 6.45) is -10.2. The maximum atomic E-state index is 13.0. The fourth-order valence-corrected chi connectivity index (χ4v) is 3.29. The highest BCUT2D eigenvalue weighted by atomic mass is 79.9. The van der Waals surface area contributed by atoms with Crippen molar-refractivity contribution in [3.8, 4) is 11.3 Å². The van der Waals surface area contributed by atoms with E-state index in [4.69, 9.17) is 0 Å². The Labute approximate surface area is 197 Å². The van der Waals surface area contributed by atoms with Crippen molar-refractivity contribution in [2.45, 2.75) is 31.7 Å². The summed E-state index contributed by atoms with van der Waals surface area (Å²) in [5, 5.41) is 6.30. The average molecular weight is 548 g/mol. The number of nitrogens with one attached hydrogen (secondary N) is 1. The third kappa shape index (κ3) is 6.69. The van der Waals surface area contributed by atoms with E-state index in [2.05, 4.69) is 26.3 Å². The van der Waals surface area contributed by atoms with Crippen molar-refractivity contribution in [1.29, 1.82) is 0 Å². The molecule has 12 heteroatoms. The molecule has 1 aromatic heterocycles. The number of anilines is 1. The van der Waals surface area contributed by atoms with Crippen LogP contribution in [-0.2, 0) is 23.7 Å². The molecular formula is C22H16BrF6N3O2. The van der Waals surface area contributed by atoms with Crippen molar-refractivity contribution in [2.75, 3.05) is 5.32 Å². The summed E-state index contributed by atoms with van der Waals surface area (Å²) in [4.78, 5) is 24.2. The van der Waals surface area contributed by atoms with Gasteiger partial charge in [-0.2, -0.15) is 31.4 Å². The Morgan fingerprint density at radius 2 is 1.50 bits per heavy atom. The van der Waals surface area contributed by atoms with E-state index < -0.39 is 40.6 Å². The minimum atomic E-state index is -5.02. The van der Waals surface area contributed by atoms with Crippen LogP contribution in [0.5, 0.6) is 0 Å².